The second-order valence-corrected chi connectivity index (χ2v) is 3.59. The minimum Gasteiger partial charge on any atom is -0.494 e. The Morgan fingerprint density at radius 1 is 1.25 bits per heavy atom. The van der Waals surface area contributed by atoms with Crippen LogP contribution in [0, 0.1) is 0 Å². The minimum atomic E-state index is -0.890. The molecule has 1 aromatic carbocycles. The summed E-state index contributed by atoms with van der Waals surface area (Å²) in [4.78, 5) is 0. The highest BCUT2D eigenvalue weighted by molar-refractivity contribution is 5.28. The van der Waals surface area contributed by atoms with Gasteiger partial charge in [-0.3, -0.25) is 0 Å². The van der Waals surface area contributed by atoms with Crippen LogP contribution in [0.2, 0.25) is 0 Å². The van der Waals surface area contributed by atoms with Crippen molar-refractivity contribution < 1.29 is 14.9 Å². The van der Waals surface area contributed by atoms with Crippen molar-refractivity contribution >= 4 is 0 Å². The summed E-state index contributed by atoms with van der Waals surface area (Å²) in [6.45, 7) is 2.88. The maximum absolute atomic E-state index is 9.79. The molecule has 0 saturated heterocycles. The molecule has 16 heavy (non-hydrogen) atoms. The third kappa shape index (κ3) is 3.48. The number of hydrogen-bond donors (Lipinski definition) is 3. The summed E-state index contributed by atoms with van der Waals surface area (Å²) in [6, 6.07) is 7.04. The summed E-state index contributed by atoms with van der Waals surface area (Å²) in [7, 11) is 0. The van der Waals surface area contributed by atoms with Gasteiger partial charge in [-0.25, -0.2) is 0 Å². The molecular formula is C12H19NO3. The predicted molar refractivity (Wildman–Crippen MR) is 62.2 cm³/mol. The second kappa shape index (κ2) is 6.48. The molecule has 0 aliphatic rings. The number of hydrogen-bond acceptors (Lipinski definition) is 4. The molecule has 4 heteroatoms. The fourth-order valence-electron chi connectivity index (χ4n) is 1.48. The molecule has 0 amide bonds. The van der Waals surface area contributed by atoms with Crippen molar-refractivity contribution in [2.45, 2.75) is 25.6 Å². The van der Waals surface area contributed by atoms with Crippen LogP contribution < -0.4 is 10.5 Å². The van der Waals surface area contributed by atoms with Crippen LogP contribution in [-0.4, -0.2) is 29.5 Å². The van der Waals surface area contributed by atoms with Crippen molar-refractivity contribution in [1.82, 2.24) is 0 Å². The van der Waals surface area contributed by atoms with Crippen LogP contribution >= 0.6 is 0 Å². The summed E-state index contributed by atoms with van der Waals surface area (Å²) in [6.07, 6.45) is -1.32. The smallest absolute Gasteiger partial charge is 0.119 e. The Labute approximate surface area is 95.7 Å². The number of aliphatic hydroxyl groups is 2. The highest BCUT2D eigenvalue weighted by atomic mass is 16.5. The van der Waals surface area contributed by atoms with Crippen molar-refractivity contribution in [1.29, 1.82) is 0 Å². The van der Waals surface area contributed by atoms with E-state index in [1.807, 2.05) is 6.92 Å². The average molecular weight is 225 g/mol. The van der Waals surface area contributed by atoms with Gasteiger partial charge in [-0.2, -0.15) is 0 Å². The first kappa shape index (κ1) is 13.0. The minimum absolute atomic E-state index is 0.356. The molecule has 0 fully saturated rings. The molecule has 4 nitrogen and oxygen atoms in total. The first-order chi connectivity index (χ1) is 7.69. The summed E-state index contributed by atoms with van der Waals surface area (Å²) in [5, 5.41) is 19.4. The van der Waals surface area contributed by atoms with E-state index in [-0.39, 0.29) is 0 Å². The van der Waals surface area contributed by atoms with Crippen LogP contribution in [0.1, 0.15) is 25.0 Å². The molecule has 1 aromatic rings. The maximum Gasteiger partial charge on any atom is 0.119 e. The highest BCUT2D eigenvalue weighted by Crippen LogP contribution is 2.21. The number of rotatable bonds is 6. The van der Waals surface area contributed by atoms with Crippen molar-refractivity contribution in [2.24, 2.45) is 5.73 Å². The van der Waals surface area contributed by atoms with Gasteiger partial charge in [0.25, 0.3) is 0 Å². The van der Waals surface area contributed by atoms with E-state index in [1.54, 1.807) is 24.3 Å². The molecule has 90 valence electrons. The van der Waals surface area contributed by atoms with Gasteiger partial charge in [0.1, 0.15) is 11.9 Å². The van der Waals surface area contributed by atoms with Crippen LogP contribution in [0.5, 0.6) is 5.75 Å². The zero-order chi connectivity index (χ0) is 12.0. The van der Waals surface area contributed by atoms with Crippen molar-refractivity contribution in [2.75, 3.05) is 13.2 Å². The molecular weight excluding hydrogens is 206 g/mol. The lowest BCUT2D eigenvalue weighted by Crippen LogP contribution is -2.21. The largest absolute Gasteiger partial charge is 0.494 e. The number of benzene rings is 1. The Bertz CT molecular complexity index is 300. The van der Waals surface area contributed by atoms with Gasteiger partial charge >= 0.3 is 0 Å². The van der Waals surface area contributed by atoms with Crippen LogP contribution in [0.3, 0.4) is 0 Å². The van der Waals surface area contributed by atoms with Crippen LogP contribution in [0.4, 0.5) is 0 Å². The molecule has 0 saturated carbocycles. The van der Waals surface area contributed by atoms with Gasteiger partial charge in [-0.15, -0.1) is 0 Å². The Kier molecular flexibility index (Phi) is 5.25. The second-order valence-electron chi connectivity index (χ2n) is 3.59. The van der Waals surface area contributed by atoms with E-state index < -0.39 is 12.2 Å². The van der Waals surface area contributed by atoms with Gasteiger partial charge in [0, 0.05) is 0 Å². The zero-order valence-corrected chi connectivity index (χ0v) is 9.47. The summed E-state index contributed by atoms with van der Waals surface area (Å²) >= 11 is 0. The normalized spacial score (nSPS) is 14.5. The molecule has 0 radical (unpaired) electrons. The van der Waals surface area contributed by atoms with Gasteiger partial charge in [0.2, 0.25) is 0 Å². The fraction of sp³-hybridized carbons (Fsp3) is 0.500. The van der Waals surface area contributed by atoms with E-state index in [0.29, 0.717) is 25.1 Å². The Hall–Kier alpha value is -1.10. The summed E-state index contributed by atoms with van der Waals surface area (Å²) < 4.78 is 5.28. The molecule has 0 aliphatic heterocycles. The first-order valence-corrected chi connectivity index (χ1v) is 5.48. The molecule has 1 rings (SSSR count). The Morgan fingerprint density at radius 3 is 2.38 bits per heavy atom. The molecule has 2 unspecified atom stereocenters. The monoisotopic (exact) mass is 225 g/mol. The Morgan fingerprint density at radius 2 is 1.88 bits per heavy atom. The van der Waals surface area contributed by atoms with E-state index >= 15 is 0 Å². The van der Waals surface area contributed by atoms with Gasteiger partial charge < -0.3 is 20.7 Å². The van der Waals surface area contributed by atoms with E-state index in [9.17, 15) is 10.2 Å². The molecule has 0 heterocycles. The van der Waals surface area contributed by atoms with Crippen molar-refractivity contribution in [3.8, 4) is 5.75 Å². The van der Waals surface area contributed by atoms with E-state index in [4.69, 9.17) is 10.5 Å². The molecule has 4 N–H and O–H groups in total. The quantitative estimate of drug-likeness (QED) is 0.670. The SMILES string of the molecule is CCOc1ccc(C(O)C(O)CCN)cc1. The fourth-order valence-corrected chi connectivity index (χ4v) is 1.48. The Balaban J connectivity index is 2.65. The number of aliphatic hydroxyl groups excluding tert-OH is 2. The standard InChI is InChI=1S/C12H19NO3/c1-2-16-10-5-3-9(4-6-10)12(15)11(14)7-8-13/h3-6,11-12,14-15H,2,7-8,13H2,1H3. The van der Waals surface area contributed by atoms with Gasteiger partial charge in [0.05, 0.1) is 12.7 Å². The first-order valence-electron chi connectivity index (χ1n) is 5.48. The molecule has 0 spiro atoms. The summed E-state index contributed by atoms with van der Waals surface area (Å²) in [5.41, 5.74) is 5.99. The lowest BCUT2D eigenvalue weighted by atomic mass is 10.0. The zero-order valence-electron chi connectivity index (χ0n) is 9.47. The van der Waals surface area contributed by atoms with E-state index in [2.05, 4.69) is 0 Å². The lowest BCUT2D eigenvalue weighted by molar-refractivity contribution is 0.0150. The van der Waals surface area contributed by atoms with E-state index in [1.165, 1.54) is 0 Å². The average Bonchev–Trinajstić information content (AvgIpc) is 2.30. The van der Waals surface area contributed by atoms with Crippen molar-refractivity contribution in [3.05, 3.63) is 29.8 Å². The van der Waals surface area contributed by atoms with Crippen molar-refractivity contribution in [3.63, 3.8) is 0 Å². The summed E-state index contributed by atoms with van der Waals surface area (Å²) in [5.74, 6) is 0.756. The molecule has 0 bridgehead atoms. The lowest BCUT2D eigenvalue weighted by Gasteiger charge is -2.17. The predicted octanol–water partition coefficient (Wildman–Crippen LogP) is 0.828. The maximum atomic E-state index is 9.79. The van der Waals surface area contributed by atoms with Crippen LogP contribution in [-0.2, 0) is 0 Å². The highest BCUT2D eigenvalue weighted by Gasteiger charge is 2.17. The third-order valence-electron chi connectivity index (χ3n) is 2.36. The van der Waals surface area contributed by atoms with Gasteiger partial charge in [0.15, 0.2) is 0 Å². The molecule has 0 aliphatic carbocycles. The number of nitrogens with two attached hydrogens (primary N) is 1. The van der Waals surface area contributed by atoms with Gasteiger partial charge in [-0.1, -0.05) is 12.1 Å². The van der Waals surface area contributed by atoms with E-state index in [0.717, 1.165) is 5.75 Å². The number of ether oxygens (including phenoxy) is 1. The van der Waals surface area contributed by atoms with Gasteiger partial charge in [-0.05, 0) is 37.6 Å². The van der Waals surface area contributed by atoms with Crippen LogP contribution in [0.25, 0.3) is 0 Å². The topological polar surface area (TPSA) is 75.7 Å². The molecule has 0 aromatic heterocycles. The molecule has 2 atom stereocenters. The third-order valence-corrected chi connectivity index (χ3v) is 2.36. The van der Waals surface area contributed by atoms with Crippen LogP contribution in [0.15, 0.2) is 24.3 Å².